The highest BCUT2D eigenvalue weighted by Crippen LogP contribution is 2.18. The second-order valence-electron chi connectivity index (χ2n) is 3.65. The molecule has 0 heterocycles. The van der Waals surface area contributed by atoms with E-state index in [1.807, 2.05) is 38.2 Å². The highest BCUT2D eigenvalue weighted by molar-refractivity contribution is 5.68. The Morgan fingerprint density at radius 2 is 1.80 bits per heavy atom. The molecule has 0 unspecified atom stereocenters. The molecular formula is C13H18N2. The van der Waals surface area contributed by atoms with Crippen molar-refractivity contribution in [1.82, 2.24) is 10.2 Å². The van der Waals surface area contributed by atoms with Crippen LogP contribution in [0.4, 0.5) is 0 Å². The molecule has 0 aliphatic heterocycles. The van der Waals surface area contributed by atoms with E-state index in [1.165, 1.54) is 0 Å². The van der Waals surface area contributed by atoms with Crippen LogP contribution >= 0.6 is 0 Å². The number of hydrogen-bond acceptors (Lipinski definition) is 2. The fourth-order valence-electron chi connectivity index (χ4n) is 1.29. The minimum atomic E-state index is 0.920. The van der Waals surface area contributed by atoms with Crippen molar-refractivity contribution in [2.75, 3.05) is 21.1 Å². The van der Waals surface area contributed by atoms with Gasteiger partial charge in [0.15, 0.2) is 0 Å². The molecule has 1 rings (SSSR count). The van der Waals surface area contributed by atoms with E-state index in [2.05, 4.69) is 30.6 Å². The van der Waals surface area contributed by atoms with Crippen LogP contribution in [-0.4, -0.2) is 26.0 Å². The van der Waals surface area contributed by atoms with Crippen LogP contribution in [0.1, 0.15) is 11.1 Å². The van der Waals surface area contributed by atoms with E-state index in [4.69, 9.17) is 0 Å². The Bertz CT molecular complexity index is 378. The van der Waals surface area contributed by atoms with Gasteiger partial charge in [-0.15, -0.1) is 0 Å². The first kappa shape index (κ1) is 11.4. The molecule has 0 atom stereocenters. The van der Waals surface area contributed by atoms with Gasteiger partial charge >= 0.3 is 0 Å². The summed E-state index contributed by atoms with van der Waals surface area (Å²) in [4.78, 5) is 2.00. The van der Waals surface area contributed by atoms with Gasteiger partial charge in [0.25, 0.3) is 0 Å². The topological polar surface area (TPSA) is 15.3 Å². The molecular weight excluding hydrogens is 184 g/mol. The van der Waals surface area contributed by atoms with Crippen molar-refractivity contribution < 1.29 is 0 Å². The zero-order valence-electron chi connectivity index (χ0n) is 9.67. The maximum Gasteiger partial charge on any atom is 0.0361 e. The zero-order valence-corrected chi connectivity index (χ0v) is 9.67. The minimum absolute atomic E-state index is 0.920. The summed E-state index contributed by atoms with van der Waals surface area (Å²) in [6.45, 7) is 7.96. The van der Waals surface area contributed by atoms with Gasteiger partial charge in [0.1, 0.15) is 0 Å². The van der Waals surface area contributed by atoms with E-state index >= 15 is 0 Å². The largest absolute Gasteiger partial charge is 0.388 e. The summed E-state index contributed by atoms with van der Waals surface area (Å²) in [5.41, 5.74) is 4.14. The molecule has 0 radical (unpaired) electrons. The molecule has 0 aromatic heterocycles. The van der Waals surface area contributed by atoms with Crippen molar-refractivity contribution in [1.29, 1.82) is 0 Å². The molecule has 15 heavy (non-hydrogen) atoms. The molecule has 0 amide bonds. The van der Waals surface area contributed by atoms with Crippen LogP contribution in [0.25, 0.3) is 11.4 Å². The molecule has 0 spiro atoms. The Hall–Kier alpha value is -1.70. The standard InChI is InChI=1S/C13H18N2/c1-10(14-3)12-7-6-8-13(9-12)11(2)15(4)5/h6-9,14H,1-2H2,3-5H3. The summed E-state index contributed by atoms with van der Waals surface area (Å²) in [6.07, 6.45) is 0. The average molecular weight is 202 g/mol. The quantitative estimate of drug-likeness (QED) is 0.806. The lowest BCUT2D eigenvalue weighted by molar-refractivity contribution is 0.593. The van der Waals surface area contributed by atoms with Crippen molar-refractivity contribution in [3.63, 3.8) is 0 Å². The van der Waals surface area contributed by atoms with Gasteiger partial charge in [-0.1, -0.05) is 31.4 Å². The Morgan fingerprint density at radius 1 is 1.20 bits per heavy atom. The first-order valence-corrected chi connectivity index (χ1v) is 4.90. The van der Waals surface area contributed by atoms with Crippen LogP contribution in [-0.2, 0) is 0 Å². The predicted molar refractivity (Wildman–Crippen MR) is 67.3 cm³/mol. The predicted octanol–water partition coefficient (Wildman–Crippen LogP) is 2.41. The Morgan fingerprint density at radius 3 is 2.33 bits per heavy atom. The van der Waals surface area contributed by atoms with Gasteiger partial charge in [0, 0.05) is 32.5 Å². The van der Waals surface area contributed by atoms with E-state index in [-0.39, 0.29) is 0 Å². The molecule has 1 N–H and O–H groups in total. The first-order valence-electron chi connectivity index (χ1n) is 4.90. The molecule has 80 valence electrons. The Kier molecular flexibility index (Phi) is 3.56. The number of nitrogens with one attached hydrogen (secondary N) is 1. The van der Waals surface area contributed by atoms with Gasteiger partial charge in [-0.2, -0.15) is 0 Å². The average Bonchev–Trinajstić information content (AvgIpc) is 2.27. The van der Waals surface area contributed by atoms with Gasteiger partial charge in [-0.3, -0.25) is 0 Å². The van der Waals surface area contributed by atoms with Crippen LogP contribution in [0.15, 0.2) is 37.4 Å². The second-order valence-corrected chi connectivity index (χ2v) is 3.65. The van der Waals surface area contributed by atoms with Crippen molar-refractivity contribution >= 4 is 11.4 Å². The van der Waals surface area contributed by atoms with E-state index < -0.39 is 0 Å². The Labute approximate surface area is 91.9 Å². The SMILES string of the molecule is C=C(NC)c1cccc(C(=C)N(C)C)c1. The van der Waals surface area contributed by atoms with E-state index in [9.17, 15) is 0 Å². The molecule has 2 nitrogen and oxygen atoms in total. The first-order chi connectivity index (χ1) is 7.06. The number of hydrogen-bond donors (Lipinski definition) is 1. The van der Waals surface area contributed by atoms with Crippen molar-refractivity contribution in [3.8, 4) is 0 Å². The fourth-order valence-corrected chi connectivity index (χ4v) is 1.29. The maximum atomic E-state index is 4.03. The molecule has 1 aromatic carbocycles. The molecule has 0 aliphatic carbocycles. The van der Waals surface area contributed by atoms with Crippen LogP contribution in [0.3, 0.4) is 0 Å². The third-order valence-corrected chi connectivity index (χ3v) is 2.39. The van der Waals surface area contributed by atoms with E-state index in [1.54, 1.807) is 0 Å². The summed E-state index contributed by atoms with van der Waals surface area (Å²) in [5, 5.41) is 3.04. The third-order valence-electron chi connectivity index (χ3n) is 2.39. The summed E-state index contributed by atoms with van der Waals surface area (Å²) >= 11 is 0. The normalized spacial score (nSPS) is 9.53. The smallest absolute Gasteiger partial charge is 0.0361 e. The zero-order chi connectivity index (χ0) is 11.4. The van der Waals surface area contributed by atoms with Crippen molar-refractivity contribution in [3.05, 3.63) is 48.6 Å². The summed E-state index contributed by atoms with van der Waals surface area (Å²) in [5.74, 6) is 0. The van der Waals surface area contributed by atoms with Crippen LogP contribution in [0.2, 0.25) is 0 Å². The number of benzene rings is 1. The monoisotopic (exact) mass is 202 g/mol. The lowest BCUT2D eigenvalue weighted by atomic mass is 10.1. The molecule has 0 aliphatic rings. The molecule has 0 saturated carbocycles. The summed E-state index contributed by atoms with van der Waals surface area (Å²) in [7, 11) is 5.85. The van der Waals surface area contributed by atoms with Gasteiger partial charge in [0.05, 0.1) is 0 Å². The van der Waals surface area contributed by atoms with Crippen LogP contribution < -0.4 is 5.32 Å². The second kappa shape index (κ2) is 4.69. The summed E-state index contributed by atoms with van der Waals surface area (Å²) in [6, 6.07) is 8.18. The van der Waals surface area contributed by atoms with Crippen LogP contribution in [0, 0.1) is 0 Å². The van der Waals surface area contributed by atoms with Gasteiger partial charge < -0.3 is 10.2 Å². The van der Waals surface area contributed by atoms with Crippen LogP contribution in [0.5, 0.6) is 0 Å². The number of nitrogens with zero attached hydrogens (tertiary/aromatic N) is 1. The maximum absolute atomic E-state index is 4.03. The Balaban J connectivity index is 3.02. The highest BCUT2D eigenvalue weighted by atomic mass is 15.1. The highest BCUT2D eigenvalue weighted by Gasteiger charge is 2.03. The van der Waals surface area contributed by atoms with E-state index in [0.29, 0.717) is 0 Å². The third kappa shape index (κ3) is 2.62. The molecule has 0 saturated heterocycles. The molecule has 0 fully saturated rings. The summed E-state index contributed by atoms with van der Waals surface area (Å²) < 4.78 is 0. The van der Waals surface area contributed by atoms with Gasteiger partial charge in [0.2, 0.25) is 0 Å². The lowest BCUT2D eigenvalue weighted by Crippen LogP contribution is -2.09. The fraction of sp³-hybridized carbons (Fsp3) is 0.231. The van der Waals surface area contributed by atoms with Crippen molar-refractivity contribution in [2.45, 2.75) is 0 Å². The van der Waals surface area contributed by atoms with Gasteiger partial charge in [-0.05, 0) is 17.2 Å². The number of rotatable bonds is 4. The van der Waals surface area contributed by atoms with Gasteiger partial charge in [-0.25, -0.2) is 0 Å². The lowest BCUT2D eigenvalue weighted by Gasteiger charge is -2.16. The molecule has 0 bridgehead atoms. The molecule has 1 aromatic rings. The molecule has 2 heteroatoms. The van der Waals surface area contributed by atoms with E-state index in [0.717, 1.165) is 22.5 Å². The minimum Gasteiger partial charge on any atom is -0.388 e. The van der Waals surface area contributed by atoms with Crippen molar-refractivity contribution in [2.24, 2.45) is 0 Å².